The molecule has 2 unspecified atom stereocenters. The Labute approximate surface area is 124 Å². The maximum Gasteiger partial charge on any atom is 0.122 e. The Kier molecular flexibility index (Phi) is 7.63. The van der Waals surface area contributed by atoms with Crippen LogP contribution in [0.5, 0.6) is 5.75 Å². The van der Waals surface area contributed by atoms with Crippen LogP contribution in [0, 0.1) is 5.92 Å². The molecule has 2 atom stereocenters. The van der Waals surface area contributed by atoms with Crippen LogP contribution in [-0.4, -0.2) is 38.2 Å². The molecule has 1 aromatic rings. The minimum atomic E-state index is 0.513. The second kappa shape index (κ2) is 8.98. The summed E-state index contributed by atoms with van der Waals surface area (Å²) in [5.41, 5.74) is 6.94. The molecule has 0 aliphatic carbocycles. The highest BCUT2D eigenvalue weighted by Gasteiger charge is 2.12. The summed E-state index contributed by atoms with van der Waals surface area (Å²) < 4.78 is 5.42. The van der Waals surface area contributed by atoms with Gasteiger partial charge in [-0.2, -0.15) is 0 Å². The molecule has 1 rings (SSSR count). The monoisotopic (exact) mass is 278 g/mol. The number of ether oxygens (including phenoxy) is 1. The molecular formula is C17H30N2O. The van der Waals surface area contributed by atoms with Crippen LogP contribution in [0.4, 0.5) is 0 Å². The highest BCUT2D eigenvalue weighted by molar-refractivity contribution is 5.33. The molecule has 20 heavy (non-hydrogen) atoms. The molecule has 0 saturated carbocycles. The number of rotatable bonds is 9. The van der Waals surface area contributed by atoms with E-state index in [2.05, 4.69) is 37.9 Å². The first-order valence-corrected chi connectivity index (χ1v) is 7.60. The fraction of sp³-hybridized carbons (Fsp3) is 0.647. The lowest BCUT2D eigenvalue weighted by Crippen LogP contribution is -2.32. The number of nitrogens with zero attached hydrogens (tertiary/aromatic N) is 1. The van der Waals surface area contributed by atoms with E-state index in [4.69, 9.17) is 10.5 Å². The maximum absolute atomic E-state index is 5.66. The van der Waals surface area contributed by atoms with E-state index in [1.54, 1.807) is 7.11 Å². The van der Waals surface area contributed by atoms with E-state index in [0.717, 1.165) is 25.3 Å². The summed E-state index contributed by atoms with van der Waals surface area (Å²) in [5, 5.41) is 0. The molecule has 0 heterocycles. The zero-order valence-electron chi connectivity index (χ0n) is 13.4. The van der Waals surface area contributed by atoms with Gasteiger partial charge in [-0.3, -0.25) is 0 Å². The Hall–Kier alpha value is -1.06. The summed E-state index contributed by atoms with van der Waals surface area (Å²) in [6, 6.07) is 8.79. The quantitative estimate of drug-likeness (QED) is 0.755. The van der Waals surface area contributed by atoms with Crippen LogP contribution in [0.25, 0.3) is 0 Å². The third kappa shape index (κ3) is 5.51. The standard InChI is InChI=1S/C17H30N2O/c1-14(13-18)8-7-11-19(3)15(2)12-16-9-5-6-10-17(16)20-4/h5-6,9-10,14-15H,7-8,11-13,18H2,1-4H3. The summed E-state index contributed by atoms with van der Waals surface area (Å²) in [7, 11) is 3.94. The molecule has 2 N–H and O–H groups in total. The molecule has 0 fully saturated rings. The zero-order valence-corrected chi connectivity index (χ0v) is 13.4. The first-order valence-electron chi connectivity index (χ1n) is 7.60. The van der Waals surface area contributed by atoms with Crippen LogP contribution >= 0.6 is 0 Å². The summed E-state index contributed by atoms with van der Waals surface area (Å²) in [6.07, 6.45) is 3.44. The molecule has 0 bridgehead atoms. The van der Waals surface area contributed by atoms with Crippen LogP contribution in [0.1, 0.15) is 32.3 Å². The molecule has 114 valence electrons. The van der Waals surface area contributed by atoms with Gasteiger partial charge < -0.3 is 15.4 Å². The van der Waals surface area contributed by atoms with Crippen LogP contribution in [0.15, 0.2) is 24.3 Å². The minimum absolute atomic E-state index is 0.513. The van der Waals surface area contributed by atoms with Gasteiger partial charge in [0.05, 0.1) is 7.11 Å². The number of likely N-dealkylation sites (N-methyl/N-ethyl adjacent to an activating group) is 1. The summed E-state index contributed by atoms with van der Waals surface area (Å²) in [4.78, 5) is 2.43. The van der Waals surface area contributed by atoms with Crippen molar-refractivity contribution >= 4 is 0 Å². The van der Waals surface area contributed by atoms with E-state index in [0.29, 0.717) is 12.0 Å². The number of methoxy groups -OCH3 is 1. The molecule has 1 aromatic carbocycles. The Bertz CT molecular complexity index is 381. The Morgan fingerprint density at radius 2 is 1.95 bits per heavy atom. The number of hydrogen-bond donors (Lipinski definition) is 1. The van der Waals surface area contributed by atoms with E-state index in [-0.39, 0.29) is 0 Å². The highest BCUT2D eigenvalue weighted by atomic mass is 16.5. The van der Waals surface area contributed by atoms with Gasteiger partial charge in [0.25, 0.3) is 0 Å². The minimum Gasteiger partial charge on any atom is -0.496 e. The average Bonchev–Trinajstić information content (AvgIpc) is 2.47. The zero-order chi connectivity index (χ0) is 15.0. The molecule has 3 heteroatoms. The van der Waals surface area contributed by atoms with Gasteiger partial charge >= 0.3 is 0 Å². The van der Waals surface area contributed by atoms with E-state index in [9.17, 15) is 0 Å². The first kappa shape index (κ1) is 17.0. The number of benzene rings is 1. The van der Waals surface area contributed by atoms with Crippen LogP contribution in [0.2, 0.25) is 0 Å². The van der Waals surface area contributed by atoms with Gasteiger partial charge in [0.2, 0.25) is 0 Å². The third-order valence-corrected chi connectivity index (χ3v) is 4.07. The van der Waals surface area contributed by atoms with Gasteiger partial charge in [-0.25, -0.2) is 0 Å². The maximum atomic E-state index is 5.66. The van der Waals surface area contributed by atoms with Crippen molar-refractivity contribution in [2.75, 3.05) is 27.2 Å². The molecule has 3 nitrogen and oxygen atoms in total. The third-order valence-electron chi connectivity index (χ3n) is 4.07. The molecule has 0 aliphatic heterocycles. The van der Waals surface area contributed by atoms with Crippen molar-refractivity contribution in [1.82, 2.24) is 4.90 Å². The van der Waals surface area contributed by atoms with Crippen molar-refractivity contribution in [1.29, 1.82) is 0 Å². The number of para-hydroxylation sites is 1. The van der Waals surface area contributed by atoms with Gasteiger partial charge in [-0.15, -0.1) is 0 Å². The average molecular weight is 278 g/mol. The summed E-state index contributed by atoms with van der Waals surface area (Å²) in [6.45, 7) is 6.41. The largest absolute Gasteiger partial charge is 0.496 e. The summed E-state index contributed by atoms with van der Waals surface area (Å²) in [5.74, 6) is 1.62. The molecule has 0 saturated heterocycles. The lowest BCUT2D eigenvalue weighted by molar-refractivity contribution is 0.245. The Morgan fingerprint density at radius 3 is 2.60 bits per heavy atom. The second-order valence-electron chi connectivity index (χ2n) is 5.83. The fourth-order valence-electron chi connectivity index (χ4n) is 2.37. The number of hydrogen-bond acceptors (Lipinski definition) is 3. The smallest absolute Gasteiger partial charge is 0.122 e. The predicted molar refractivity (Wildman–Crippen MR) is 86.2 cm³/mol. The van der Waals surface area contributed by atoms with Crippen molar-refractivity contribution in [2.45, 2.75) is 39.2 Å². The van der Waals surface area contributed by atoms with Gasteiger partial charge in [-0.1, -0.05) is 25.1 Å². The molecule has 0 aromatic heterocycles. The molecular weight excluding hydrogens is 248 g/mol. The van der Waals surface area contributed by atoms with Crippen molar-refractivity contribution in [3.05, 3.63) is 29.8 Å². The van der Waals surface area contributed by atoms with E-state index in [1.165, 1.54) is 18.4 Å². The van der Waals surface area contributed by atoms with Crippen molar-refractivity contribution in [2.24, 2.45) is 11.7 Å². The lowest BCUT2D eigenvalue weighted by atomic mass is 10.0. The fourth-order valence-corrected chi connectivity index (χ4v) is 2.37. The Morgan fingerprint density at radius 1 is 1.25 bits per heavy atom. The topological polar surface area (TPSA) is 38.5 Å². The van der Waals surface area contributed by atoms with Crippen LogP contribution in [-0.2, 0) is 6.42 Å². The Balaban J connectivity index is 2.43. The summed E-state index contributed by atoms with van der Waals surface area (Å²) >= 11 is 0. The van der Waals surface area contributed by atoms with Crippen molar-refractivity contribution in [3.63, 3.8) is 0 Å². The molecule has 0 aliphatic rings. The van der Waals surface area contributed by atoms with Crippen LogP contribution in [0.3, 0.4) is 0 Å². The number of nitrogens with two attached hydrogens (primary N) is 1. The molecule has 0 spiro atoms. The lowest BCUT2D eigenvalue weighted by Gasteiger charge is -2.25. The SMILES string of the molecule is COc1ccccc1CC(C)N(C)CCCC(C)CN. The van der Waals surface area contributed by atoms with E-state index in [1.807, 2.05) is 12.1 Å². The first-order chi connectivity index (χ1) is 9.58. The van der Waals surface area contributed by atoms with Gasteiger partial charge in [0, 0.05) is 6.04 Å². The van der Waals surface area contributed by atoms with Gasteiger partial charge in [-0.05, 0) is 63.9 Å². The molecule has 0 radical (unpaired) electrons. The molecule has 0 amide bonds. The van der Waals surface area contributed by atoms with E-state index < -0.39 is 0 Å². The normalized spacial score (nSPS) is 14.3. The van der Waals surface area contributed by atoms with Gasteiger partial charge in [0.15, 0.2) is 0 Å². The van der Waals surface area contributed by atoms with Crippen molar-refractivity contribution < 1.29 is 4.74 Å². The van der Waals surface area contributed by atoms with Crippen LogP contribution < -0.4 is 10.5 Å². The van der Waals surface area contributed by atoms with Crippen molar-refractivity contribution in [3.8, 4) is 5.75 Å². The van der Waals surface area contributed by atoms with Gasteiger partial charge in [0.1, 0.15) is 5.75 Å². The second-order valence-corrected chi connectivity index (χ2v) is 5.83. The highest BCUT2D eigenvalue weighted by Crippen LogP contribution is 2.20. The van der Waals surface area contributed by atoms with E-state index >= 15 is 0 Å². The predicted octanol–water partition coefficient (Wildman–Crippen LogP) is 2.93.